The third-order valence-electron chi connectivity index (χ3n) is 1.84. The van der Waals surface area contributed by atoms with Crippen LogP contribution >= 0.6 is 0 Å². The van der Waals surface area contributed by atoms with Crippen LogP contribution in [0.15, 0.2) is 18.2 Å². The van der Waals surface area contributed by atoms with Crippen LogP contribution in [-0.2, 0) is 0 Å². The zero-order valence-corrected chi connectivity index (χ0v) is 7.79. The minimum Gasteiger partial charge on any atom is -0.362 e. The van der Waals surface area contributed by atoms with Gasteiger partial charge in [-0.15, -0.1) is 6.42 Å². The van der Waals surface area contributed by atoms with Crippen molar-refractivity contribution >= 4 is 5.69 Å². The first-order chi connectivity index (χ1) is 6.70. The number of hydrogen-bond donors (Lipinski definition) is 0. The molecule has 0 aliphatic carbocycles. The summed E-state index contributed by atoms with van der Waals surface area (Å²) in [5, 5.41) is 8.75. The number of terminal acetylenes is 1. The average molecular weight is 188 g/mol. The molecule has 0 atom stereocenters. The van der Waals surface area contributed by atoms with E-state index in [4.69, 9.17) is 11.7 Å². The van der Waals surface area contributed by atoms with E-state index in [2.05, 4.69) is 5.92 Å². The lowest BCUT2D eigenvalue weighted by Gasteiger charge is -2.17. The lowest BCUT2D eigenvalue weighted by atomic mass is 10.1. The molecule has 1 rings (SSSR count). The first kappa shape index (κ1) is 10.1. The van der Waals surface area contributed by atoms with Crippen LogP contribution in [0.3, 0.4) is 0 Å². The number of benzene rings is 1. The van der Waals surface area contributed by atoms with E-state index in [0.29, 0.717) is 12.2 Å². The van der Waals surface area contributed by atoms with Crippen LogP contribution in [0.1, 0.15) is 5.56 Å². The minimum absolute atomic E-state index is 0.0326. The third kappa shape index (κ3) is 1.84. The summed E-state index contributed by atoms with van der Waals surface area (Å²) < 4.78 is 13.2. The van der Waals surface area contributed by atoms with Crippen molar-refractivity contribution < 1.29 is 4.39 Å². The fourth-order valence-corrected chi connectivity index (χ4v) is 1.16. The molecule has 1 aromatic carbocycles. The van der Waals surface area contributed by atoms with Crippen molar-refractivity contribution in [2.75, 3.05) is 18.5 Å². The highest BCUT2D eigenvalue weighted by molar-refractivity contribution is 5.59. The van der Waals surface area contributed by atoms with Gasteiger partial charge in [0, 0.05) is 7.05 Å². The summed E-state index contributed by atoms with van der Waals surface area (Å²) in [7, 11) is 1.72. The van der Waals surface area contributed by atoms with Crippen LogP contribution in [0.4, 0.5) is 10.1 Å². The Hall–Kier alpha value is -2.00. The van der Waals surface area contributed by atoms with Gasteiger partial charge in [-0.25, -0.2) is 4.39 Å². The Kier molecular flexibility index (Phi) is 3.09. The van der Waals surface area contributed by atoms with E-state index < -0.39 is 5.82 Å². The smallest absolute Gasteiger partial charge is 0.143 e. The highest BCUT2D eigenvalue weighted by Crippen LogP contribution is 2.20. The number of hydrogen-bond acceptors (Lipinski definition) is 2. The van der Waals surface area contributed by atoms with Gasteiger partial charge in [-0.05, 0) is 12.1 Å². The molecule has 0 N–H and O–H groups in total. The monoisotopic (exact) mass is 188 g/mol. The van der Waals surface area contributed by atoms with E-state index in [1.54, 1.807) is 24.1 Å². The molecule has 0 aliphatic rings. The Morgan fingerprint density at radius 1 is 1.57 bits per heavy atom. The van der Waals surface area contributed by atoms with Gasteiger partial charge < -0.3 is 4.90 Å². The Labute approximate surface area is 82.6 Å². The quantitative estimate of drug-likeness (QED) is 0.661. The van der Waals surface area contributed by atoms with Gasteiger partial charge in [0.15, 0.2) is 0 Å². The van der Waals surface area contributed by atoms with Gasteiger partial charge in [0.25, 0.3) is 0 Å². The van der Waals surface area contributed by atoms with Gasteiger partial charge in [0.05, 0.1) is 12.2 Å². The maximum Gasteiger partial charge on any atom is 0.143 e. The molecule has 14 heavy (non-hydrogen) atoms. The summed E-state index contributed by atoms with van der Waals surface area (Å²) in [4.78, 5) is 1.65. The summed E-state index contributed by atoms with van der Waals surface area (Å²) in [6.45, 7) is 0.345. The van der Waals surface area contributed by atoms with E-state index in [9.17, 15) is 4.39 Å². The molecule has 0 aromatic heterocycles. The van der Waals surface area contributed by atoms with Crippen LogP contribution in [0.5, 0.6) is 0 Å². The van der Waals surface area contributed by atoms with E-state index in [-0.39, 0.29) is 5.56 Å². The average Bonchev–Trinajstić information content (AvgIpc) is 2.17. The molecule has 2 nitrogen and oxygen atoms in total. The Morgan fingerprint density at radius 3 is 2.86 bits per heavy atom. The van der Waals surface area contributed by atoms with Crippen LogP contribution < -0.4 is 4.90 Å². The van der Waals surface area contributed by atoms with Crippen LogP contribution in [-0.4, -0.2) is 13.6 Å². The molecule has 0 aliphatic heterocycles. The largest absolute Gasteiger partial charge is 0.362 e. The molecule has 3 heteroatoms. The summed E-state index contributed by atoms with van der Waals surface area (Å²) >= 11 is 0. The molecule has 0 fully saturated rings. The van der Waals surface area contributed by atoms with Gasteiger partial charge in [-0.2, -0.15) is 5.26 Å². The van der Waals surface area contributed by atoms with Gasteiger partial charge in [-0.1, -0.05) is 12.0 Å². The summed E-state index contributed by atoms with van der Waals surface area (Å²) in [5.74, 6) is 1.91. The predicted molar refractivity (Wildman–Crippen MR) is 53.2 cm³/mol. The van der Waals surface area contributed by atoms with Crippen molar-refractivity contribution in [3.05, 3.63) is 29.6 Å². The zero-order chi connectivity index (χ0) is 10.6. The van der Waals surface area contributed by atoms with Crippen LogP contribution in [0.25, 0.3) is 0 Å². The molecule has 0 saturated heterocycles. The number of anilines is 1. The molecule has 0 heterocycles. The lowest BCUT2D eigenvalue weighted by molar-refractivity contribution is 0.623. The molecule has 0 unspecified atom stereocenters. The van der Waals surface area contributed by atoms with Crippen LogP contribution in [0, 0.1) is 29.5 Å². The van der Waals surface area contributed by atoms with Crippen molar-refractivity contribution in [1.82, 2.24) is 0 Å². The van der Waals surface area contributed by atoms with Crippen LogP contribution in [0.2, 0.25) is 0 Å². The van der Waals surface area contributed by atoms with Crippen molar-refractivity contribution in [3.8, 4) is 18.4 Å². The van der Waals surface area contributed by atoms with Crippen molar-refractivity contribution in [1.29, 1.82) is 5.26 Å². The molecule has 0 radical (unpaired) electrons. The number of nitrogens with zero attached hydrogens (tertiary/aromatic N) is 2. The second-order valence-electron chi connectivity index (χ2n) is 2.81. The summed E-state index contributed by atoms with van der Waals surface area (Å²) in [6.07, 6.45) is 5.13. The van der Waals surface area contributed by atoms with Gasteiger partial charge in [0.2, 0.25) is 0 Å². The Morgan fingerprint density at radius 2 is 2.29 bits per heavy atom. The first-order valence-electron chi connectivity index (χ1n) is 4.04. The van der Waals surface area contributed by atoms with E-state index in [0.717, 1.165) is 0 Å². The van der Waals surface area contributed by atoms with Crippen molar-refractivity contribution in [3.63, 3.8) is 0 Å². The normalized spacial score (nSPS) is 8.86. The number of halogens is 1. The van der Waals surface area contributed by atoms with E-state index in [1.165, 1.54) is 6.07 Å². The summed E-state index contributed by atoms with van der Waals surface area (Å²) in [6, 6.07) is 6.29. The lowest BCUT2D eigenvalue weighted by Crippen LogP contribution is -2.18. The van der Waals surface area contributed by atoms with Crippen molar-refractivity contribution in [2.45, 2.75) is 0 Å². The molecular weight excluding hydrogens is 179 g/mol. The van der Waals surface area contributed by atoms with E-state index >= 15 is 0 Å². The SMILES string of the molecule is C#CCN(C)c1cccc(F)c1C#N. The highest BCUT2D eigenvalue weighted by Gasteiger charge is 2.10. The maximum absolute atomic E-state index is 13.2. The molecule has 0 saturated carbocycles. The molecule has 0 bridgehead atoms. The number of rotatable bonds is 2. The molecular formula is C11H9FN2. The van der Waals surface area contributed by atoms with Gasteiger partial charge in [-0.3, -0.25) is 0 Å². The molecule has 1 aromatic rings. The fourth-order valence-electron chi connectivity index (χ4n) is 1.16. The Bertz CT molecular complexity index is 412. The second-order valence-corrected chi connectivity index (χ2v) is 2.81. The van der Waals surface area contributed by atoms with Gasteiger partial charge >= 0.3 is 0 Å². The minimum atomic E-state index is -0.520. The predicted octanol–water partition coefficient (Wildman–Crippen LogP) is 1.77. The fraction of sp³-hybridized carbons (Fsp3) is 0.182. The molecule has 70 valence electrons. The molecule has 0 spiro atoms. The topological polar surface area (TPSA) is 27.0 Å². The second kappa shape index (κ2) is 4.30. The third-order valence-corrected chi connectivity index (χ3v) is 1.84. The van der Waals surface area contributed by atoms with Gasteiger partial charge in [0.1, 0.15) is 17.4 Å². The summed E-state index contributed by atoms with van der Waals surface area (Å²) in [5.41, 5.74) is 0.552. The molecule has 0 amide bonds. The zero-order valence-electron chi connectivity index (χ0n) is 7.79. The highest BCUT2D eigenvalue weighted by atomic mass is 19.1. The Balaban J connectivity index is 3.16. The number of nitriles is 1. The van der Waals surface area contributed by atoms with Crippen molar-refractivity contribution in [2.24, 2.45) is 0 Å². The first-order valence-corrected chi connectivity index (χ1v) is 4.04. The van der Waals surface area contributed by atoms with E-state index in [1.807, 2.05) is 6.07 Å². The maximum atomic E-state index is 13.2. The standard InChI is InChI=1S/C11H9FN2/c1-3-7-14(2)11-6-4-5-10(12)9(11)8-13/h1,4-6H,7H2,2H3.